The van der Waals surface area contributed by atoms with E-state index >= 15 is 0 Å². The lowest BCUT2D eigenvalue weighted by molar-refractivity contribution is 0.245. The van der Waals surface area contributed by atoms with Crippen LogP contribution in [0.4, 0.5) is 5.69 Å². The van der Waals surface area contributed by atoms with Gasteiger partial charge in [-0.3, -0.25) is 0 Å². The number of anilines is 1. The summed E-state index contributed by atoms with van der Waals surface area (Å²) in [6, 6.07) is 3.28. The van der Waals surface area contributed by atoms with Crippen LogP contribution in [0.2, 0.25) is 0 Å². The topological polar surface area (TPSA) is 92.4 Å². The van der Waals surface area contributed by atoms with Gasteiger partial charge in [0.25, 0.3) is 0 Å². The van der Waals surface area contributed by atoms with E-state index < -0.39 is 15.6 Å². The molecule has 1 rings (SSSR count). The number of nitrogen functional groups attached to an aromatic ring is 1. The lowest BCUT2D eigenvalue weighted by Crippen LogP contribution is -2.44. The first-order chi connectivity index (χ1) is 8.59. The van der Waals surface area contributed by atoms with Crippen molar-refractivity contribution in [2.75, 3.05) is 12.3 Å². The molecule has 108 valence electrons. The molecule has 6 heteroatoms. The normalized spacial score (nSPS) is 12.7. The third-order valence-electron chi connectivity index (χ3n) is 2.90. The first-order valence-corrected chi connectivity index (χ1v) is 7.59. The van der Waals surface area contributed by atoms with Crippen molar-refractivity contribution >= 4 is 15.7 Å². The molecule has 0 fully saturated rings. The lowest BCUT2D eigenvalue weighted by atomic mass is 10.0. The number of rotatable bonds is 5. The summed E-state index contributed by atoms with van der Waals surface area (Å²) in [5.41, 5.74) is 6.77. The molecule has 4 N–H and O–H groups in total. The van der Waals surface area contributed by atoms with Gasteiger partial charge in [0.05, 0.1) is 4.90 Å². The van der Waals surface area contributed by atoms with Gasteiger partial charge in [-0.05, 0) is 57.4 Å². The zero-order valence-corrected chi connectivity index (χ0v) is 12.6. The van der Waals surface area contributed by atoms with Crippen LogP contribution in [-0.4, -0.2) is 25.7 Å². The molecule has 0 aliphatic carbocycles. The number of aryl methyl sites for hydroxylation is 2. The molecule has 0 aliphatic heterocycles. The van der Waals surface area contributed by atoms with Crippen LogP contribution >= 0.6 is 0 Å². The van der Waals surface area contributed by atoms with Crippen LogP contribution in [0.3, 0.4) is 0 Å². The van der Waals surface area contributed by atoms with Crippen LogP contribution in [0.15, 0.2) is 17.0 Å². The number of aliphatic hydroxyl groups excluding tert-OH is 1. The maximum atomic E-state index is 12.4. The Hall–Kier alpha value is -1.11. The summed E-state index contributed by atoms with van der Waals surface area (Å²) in [5, 5.41) is 8.96. The third kappa shape index (κ3) is 3.92. The van der Waals surface area contributed by atoms with E-state index in [0.717, 1.165) is 0 Å². The molecule has 19 heavy (non-hydrogen) atoms. The first kappa shape index (κ1) is 15.9. The van der Waals surface area contributed by atoms with Gasteiger partial charge in [0.2, 0.25) is 10.0 Å². The van der Waals surface area contributed by atoms with Gasteiger partial charge < -0.3 is 10.8 Å². The van der Waals surface area contributed by atoms with Gasteiger partial charge in [0.15, 0.2) is 0 Å². The van der Waals surface area contributed by atoms with Gasteiger partial charge in [0, 0.05) is 17.8 Å². The van der Waals surface area contributed by atoms with Gasteiger partial charge >= 0.3 is 0 Å². The summed E-state index contributed by atoms with van der Waals surface area (Å²) >= 11 is 0. The Labute approximate surface area is 114 Å². The molecule has 1 aromatic rings. The Morgan fingerprint density at radius 2 is 1.74 bits per heavy atom. The molecule has 0 saturated carbocycles. The van der Waals surface area contributed by atoms with Crippen molar-refractivity contribution < 1.29 is 13.5 Å². The minimum Gasteiger partial charge on any atom is -0.399 e. The number of nitrogens with two attached hydrogens (primary N) is 1. The second kappa shape index (κ2) is 5.48. The quantitative estimate of drug-likeness (QED) is 0.712. The van der Waals surface area contributed by atoms with Crippen molar-refractivity contribution in [3.63, 3.8) is 0 Å². The van der Waals surface area contributed by atoms with E-state index in [0.29, 0.717) is 23.2 Å². The average Bonchev–Trinajstić information content (AvgIpc) is 2.11. The van der Waals surface area contributed by atoms with Crippen molar-refractivity contribution in [3.05, 3.63) is 23.3 Å². The van der Waals surface area contributed by atoms with Gasteiger partial charge in [-0.15, -0.1) is 0 Å². The van der Waals surface area contributed by atoms with E-state index in [4.69, 9.17) is 10.8 Å². The summed E-state index contributed by atoms with van der Waals surface area (Å²) in [5.74, 6) is 0. The van der Waals surface area contributed by atoms with E-state index in [9.17, 15) is 8.42 Å². The second-order valence-corrected chi connectivity index (χ2v) is 7.07. The number of aliphatic hydroxyl groups is 1. The molecule has 0 saturated heterocycles. The fraction of sp³-hybridized carbons (Fsp3) is 0.538. The summed E-state index contributed by atoms with van der Waals surface area (Å²) < 4.78 is 27.5. The SMILES string of the molecule is Cc1cc(N)cc(C)c1S(=O)(=O)NC(C)(C)CCO. The van der Waals surface area contributed by atoms with Crippen molar-refractivity contribution in [1.29, 1.82) is 0 Å². The largest absolute Gasteiger partial charge is 0.399 e. The Morgan fingerprint density at radius 1 is 1.26 bits per heavy atom. The molecule has 0 unspecified atom stereocenters. The van der Waals surface area contributed by atoms with Crippen LogP contribution in [0.25, 0.3) is 0 Å². The predicted octanol–water partition coefficient (Wildman–Crippen LogP) is 1.32. The minimum absolute atomic E-state index is 0.0742. The number of benzene rings is 1. The number of sulfonamides is 1. The van der Waals surface area contributed by atoms with Crippen molar-refractivity contribution in [2.24, 2.45) is 0 Å². The Morgan fingerprint density at radius 3 is 2.16 bits per heavy atom. The van der Waals surface area contributed by atoms with Gasteiger partial charge in [-0.1, -0.05) is 0 Å². The van der Waals surface area contributed by atoms with Crippen LogP contribution < -0.4 is 10.5 Å². The lowest BCUT2D eigenvalue weighted by Gasteiger charge is -2.26. The highest BCUT2D eigenvalue weighted by Crippen LogP contribution is 2.24. The summed E-state index contributed by atoms with van der Waals surface area (Å²) in [4.78, 5) is 0.257. The maximum Gasteiger partial charge on any atom is 0.241 e. The second-order valence-electron chi connectivity index (χ2n) is 5.45. The Kier molecular flexibility index (Phi) is 4.60. The zero-order valence-electron chi connectivity index (χ0n) is 11.8. The van der Waals surface area contributed by atoms with Crippen LogP contribution in [0.5, 0.6) is 0 Å². The predicted molar refractivity (Wildman–Crippen MR) is 76.4 cm³/mol. The molecule has 0 aliphatic rings. The molecule has 0 amide bonds. The Bertz CT molecular complexity index is 542. The summed E-state index contributed by atoms with van der Waals surface area (Å²) in [6.07, 6.45) is 0.347. The van der Waals surface area contributed by atoms with Gasteiger partial charge in [-0.25, -0.2) is 13.1 Å². The number of hydrogen-bond donors (Lipinski definition) is 3. The smallest absolute Gasteiger partial charge is 0.241 e. The van der Waals surface area contributed by atoms with Crippen LogP contribution in [0.1, 0.15) is 31.4 Å². The van der Waals surface area contributed by atoms with Gasteiger partial charge in [-0.2, -0.15) is 0 Å². The molecule has 0 bridgehead atoms. The molecule has 1 aromatic carbocycles. The Balaban J connectivity index is 3.22. The van der Waals surface area contributed by atoms with Crippen LogP contribution in [-0.2, 0) is 10.0 Å². The van der Waals surface area contributed by atoms with Crippen LogP contribution in [0, 0.1) is 13.8 Å². The van der Waals surface area contributed by atoms with E-state index in [-0.39, 0.29) is 11.5 Å². The minimum atomic E-state index is -3.63. The summed E-state index contributed by atoms with van der Waals surface area (Å²) in [6.45, 7) is 6.84. The molecule has 5 nitrogen and oxygen atoms in total. The average molecular weight is 286 g/mol. The van der Waals surface area contributed by atoms with E-state index in [1.165, 1.54) is 0 Å². The van der Waals surface area contributed by atoms with E-state index in [1.54, 1.807) is 39.8 Å². The van der Waals surface area contributed by atoms with Crippen molar-refractivity contribution in [2.45, 2.75) is 44.6 Å². The third-order valence-corrected chi connectivity index (χ3v) is 4.90. The highest BCUT2D eigenvalue weighted by molar-refractivity contribution is 7.89. The van der Waals surface area contributed by atoms with E-state index in [1.807, 2.05) is 0 Å². The fourth-order valence-electron chi connectivity index (χ4n) is 2.15. The van der Waals surface area contributed by atoms with E-state index in [2.05, 4.69) is 4.72 Å². The molecule has 0 atom stereocenters. The summed E-state index contributed by atoms with van der Waals surface area (Å²) in [7, 11) is -3.63. The standard InChI is InChI=1S/C13H22N2O3S/c1-9-7-11(14)8-10(2)12(9)19(17,18)15-13(3,4)5-6-16/h7-8,15-16H,5-6,14H2,1-4H3. The highest BCUT2D eigenvalue weighted by atomic mass is 32.2. The van der Waals surface area contributed by atoms with Crippen molar-refractivity contribution in [3.8, 4) is 0 Å². The van der Waals surface area contributed by atoms with Gasteiger partial charge in [0.1, 0.15) is 0 Å². The number of nitrogens with one attached hydrogen (secondary N) is 1. The molecule has 0 aromatic heterocycles. The highest BCUT2D eigenvalue weighted by Gasteiger charge is 2.28. The van der Waals surface area contributed by atoms with Crippen molar-refractivity contribution in [1.82, 2.24) is 4.72 Å². The molecule has 0 spiro atoms. The molecule has 0 radical (unpaired) electrons. The molecular weight excluding hydrogens is 264 g/mol. The molecule has 0 heterocycles. The molecular formula is C13H22N2O3S. The monoisotopic (exact) mass is 286 g/mol. The fourth-order valence-corrected chi connectivity index (χ4v) is 4.05. The maximum absolute atomic E-state index is 12.4. The number of hydrogen-bond acceptors (Lipinski definition) is 4. The zero-order chi connectivity index (χ0) is 14.8. The first-order valence-electron chi connectivity index (χ1n) is 6.10.